The first-order chi connectivity index (χ1) is 7.06. The zero-order chi connectivity index (χ0) is 11.7. The Hall–Kier alpha value is -0.650. The van der Waals surface area contributed by atoms with Gasteiger partial charge in [-0.2, -0.15) is 0 Å². The van der Waals surface area contributed by atoms with Gasteiger partial charge in [-0.15, -0.1) is 0 Å². The van der Waals surface area contributed by atoms with Gasteiger partial charge in [0, 0.05) is 33.5 Å². The molecule has 0 bridgehead atoms. The van der Waals surface area contributed by atoms with Crippen molar-refractivity contribution >= 4 is 5.97 Å². The second-order valence-electron chi connectivity index (χ2n) is 3.78. The van der Waals surface area contributed by atoms with Crippen LogP contribution < -0.4 is 5.73 Å². The first-order valence-corrected chi connectivity index (χ1v) is 5.07. The van der Waals surface area contributed by atoms with Crippen molar-refractivity contribution in [3.8, 4) is 0 Å². The topological polar surface area (TPSA) is 81.8 Å². The maximum absolute atomic E-state index is 10.9. The van der Waals surface area contributed by atoms with Crippen molar-refractivity contribution in [1.29, 1.82) is 0 Å². The van der Waals surface area contributed by atoms with E-state index < -0.39 is 11.4 Å². The number of carboxylic acid groups (broad SMARTS) is 1. The highest BCUT2D eigenvalue weighted by Crippen LogP contribution is 2.19. The van der Waals surface area contributed by atoms with Crippen molar-refractivity contribution in [1.82, 2.24) is 0 Å². The molecule has 0 aromatic rings. The summed E-state index contributed by atoms with van der Waals surface area (Å²) in [6.45, 7) is 3.43. The summed E-state index contributed by atoms with van der Waals surface area (Å²) >= 11 is 0. The van der Waals surface area contributed by atoms with E-state index in [4.69, 9.17) is 20.3 Å². The molecule has 5 heteroatoms. The average molecular weight is 219 g/mol. The number of aliphatic carboxylic acids is 1. The molecule has 15 heavy (non-hydrogen) atoms. The summed E-state index contributed by atoms with van der Waals surface area (Å²) in [6.07, 6.45) is 1.26. The number of carboxylic acids is 1. The highest BCUT2D eigenvalue weighted by molar-refractivity contribution is 5.74. The van der Waals surface area contributed by atoms with Gasteiger partial charge in [0.15, 0.2) is 0 Å². The molecule has 0 heterocycles. The Kier molecular flexibility index (Phi) is 7.29. The number of rotatable bonds is 9. The first-order valence-electron chi connectivity index (χ1n) is 5.07. The SMILES string of the molecule is COCCCOCCC(C)(CN)C(=O)O. The third kappa shape index (κ3) is 5.71. The van der Waals surface area contributed by atoms with E-state index in [0.29, 0.717) is 26.2 Å². The minimum Gasteiger partial charge on any atom is -0.481 e. The highest BCUT2D eigenvalue weighted by atomic mass is 16.5. The fourth-order valence-electron chi connectivity index (χ4n) is 1.00. The number of hydrogen-bond donors (Lipinski definition) is 2. The number of hydrogen-bond acceptors (Lipinski definition) is 4. The molecule has 0 aromatic heterocycles. The predicted octanol–water partition coefficient (Wildman–Crippen LogP) is 0.479. The van der Waals surface area contributed by atoms with Gasteiger partial charge < -0.3 is 20.3 Å². The van der Waals surface area contributed by atoms with Crippen LogP contribution in [0.1, 0.15) is 19.8 Å². The van der Waals surface area contributed by atoms with Crippen molar-refractivity contribution in [2.45, 2.75) is 19.8 Å². The number of nitrogens with two attached hydrogens (primary N) is 1. The summed E-state index contributed by atoms with van der Waals surface area (Å²) in [5.74, 6) is -0.870. The number of methoxy groups -OCH3 is 1. The highest BCUT2D eigenvalue weighted by Gasteiger charge is 2.30. The summed E-state index contributed by atoms with van der Waals surface area (Å²) in [6, 6.07) is 0. The van der Waals surface area contributed by atoms with Gasteiger partial charge in [0.1, 0.15) is 0 Å². The Balaban J connectivity index is 3.60. The van der Waals surface area contributed by atoms with Crippen LogP contribution in [0.3, 0.4) is 0 Å². The van der Waals surface area contributed by atoms with Crippen LogP contribution in [0.2, 0.25) is 0 Å². The fraction of sp³-hybridized carbons (Fsp3) is 0.900. The van der Waals surface area contributed by atoms with Crippen LogP contribution in [0.25, 0.3) is 0 Å². The normalized spacial score (nSPS) is 14.9. The van der Waals surface area contributed by atoms with Gasteiger partial charge in [-0.25, -0.2) is 0 Å². The molecule has 0 saturated carbocycles. The molecule has 0 amide bonds. The zero-order valence-electron chi connectivity index (χ0n) is 9.49. The van der Waals surface area contributed by atoms with Crippen molar-refractivity contribution in [3.63, 3.8) is 0 Å². The van der Waals surface area contributed by atoms with Gasteiger partial charge >= 0.3 is 5.97 Å². The molecular weight excluding hydrogens is 198 g/mol. The summed E-state index contributed by atoms with van der Waals surface area (Å²) in [4.78, 5) is 10.9. The Labute approximate surface area is 90.5 Å². The van der Waals surface area contributed by atoms with Gasteiger partial charge in [0.05, 0.1) is 5.41 Å². The van der Waals surface area contributed by atoms with Gasteiger partial charge in [-0.05, 0) is 19.8 Å². The van der Waals surface area contributed by atoms with E-state index in [0.717, 1.165) is 6.42 Å². The Morgan fingerprint density at radius 1 is 1.40 bits per heavy atom. The van der Waals surface area contributed by atoms with E-state index in [1.807, 2.05) is 0 Å². The van der Waals surface area contributed by atoms with E-state index in [1.54, 1.807) is 14.0 Å². The molecule has 0 aliphatic carbocycles. The third-order valence-corrected chi connectivity index (χ3v) is 2.40. The molecule has 0 rings (SSSR count). The molecule has 0 radical (unpaired) electrons. The fourth-order valence-corrected chi connectivity index (χ4v) is 1.00. The lowest BCUT2D eigenvalue weighted by atomic mass is 9.87. The zero-order valence-corrected chi connectivity index (χ0v) is 9.49. The summed E-state index contributed by atoms with van der Waals surface area (Å²) in [7, 11) is 1.63. The van der Waals surface area contributed by atoms with E-state index >= 15 is 0 Å². The van der Waals surface area contributed by atoms with Crippen LogP contribution in [-0.2, 0) is 14.3 Å². The van der Waals surface area contributed by atoms with E-state index in [1.165, 1.54) is 0 Å². The molecule has 0 aromatic carbocycles. The molecule has 3 N–H and O–H groups in total. The average Bonchev–Trinajstić information content (AvgIpc) is 2.22. The lowest BCUT2D eigenvalue weighted by molar-refractivity contribution is -0.148. The van der Waals surface area contributed by atoms with Crippen molar-refractivity contribution in [2.75, 3.05) is 33.5 Å². The van der Waals surface area contributed by atoms with Crippen LogP contribution in [0.5, 0.6) is 0 Å². The van der Waals surface area contributed by atoms with E-state index in [-0.39, 0.29) is 6.54 Å². The van der Waals surface area contributed by atoms with Crippen molar-refractivity contribution in [2.24, 2.45) is 11.1 Å². The van der Waals surface area contributed by atoms with Crippen LogP contribution >= 0.6 is 0 Å². The molecule has 0 fully saturated rings. The standard InChI is InChI=1S/C10H21NO4/c1-10(8-11,9(12)13)4-7-15-6-3-5-14-2/h3-8,11H2,1-2H3,(H,12,13). The van der Waals surface area contributed by atoms with Crippen LogP contribution in [0.4, 0.5) is 0 Å². The molecule has 0 aliphatic rings. The largest absolute Gasteiger partial charge is 0.481 e. The Morgan fingerprint density at radius 2 is 2.07 bits per heavy atom. The second kappa shape index (κ2) is 7.62. The minimum absolute atomic E-state index is 0.129. The molecule has 1 unspecified atom stereocenters. The minimum atomic E-state index is -0.874. The molecule has 1 atom stereocenters. The lowest BCUT2D eigenvalue weighted by Crippen LogP contribution is -2.36. The van der Waals surface area contributed by atoms with Crippen molar-refractivity contribution < 1.29 is 19.4 Å². The lowest BCUT2D eigenvalue weighted by Gasteiger charge is -2.22. The quantitative estimate of drug-likeness (QED) is 0.551. The van der Waals surface area contributed by atoms with Gasteiger partial charge in [0.2, 0.25) is 0 Å². The first kappa shape index (κ1) is 14.3. The van der Waals surface area contributed by atoms with Gasteiger partial charge in [-0.1, -0.05) is 0 Å². The van der Waals surface area contributed by atoms with Crippen molar-refractivity contribution in [3.05, 3.63) is 0 Å². The predicted molar refractivity (Wildman–Crippen MR) is 56.7 cm³/mol. The summed E-state index contributed by atoms with van der Waals surface area (Å²) in [5.41, 5.74) is 4.54. The number of carbonyl (C=O) groups is 1. The monoisotopic (exact) mass is 219 g/mol. The maximum Gasteiger partial charge on any atom is 0.310 e. The molecule has 0 saturated heterocycles. The summed E-state index contributed by atoms with van der Waals surface area (Å²) in [5, 5.41) is 8.92. The van der Waals surface area contributed by atoms with Crippen LogP contribution in [-0.4, -0.2) is 44.6 Å². The Bertz CT molecular complexity index is 186. The van der Waals surface area contributed by atoms with Gasteiger partial charge in [0.25, 0.3) is 0 Å². The van der Waals surface area contributed by atoms with E-state index in [2.05, 4.69) is 0 Å². The number of ether oxygens (including phenoxy) is 2. The molecular formula is C10H21NO4. The van der Waals surface area contributed by atoms with Crippen LogP contribution in [0, 0.1) is 5.41 Å². The molecule has 0 aliphatic heterocycles. The molecule has 5 nitrogen and oxygen atoms in total. The maximum atomic E-state index is 10.9. The van der Waals surface area contributed by atoms with Gasteiger partial charge in [-0.3, -0.25) is 4.79 Å². The van der Waals surface area contributed by atoms with Crippen LogP contribution in [0.15, 0.2) is 0 Å². The Morgan fingerprint density at radius 3 is 2.53 bits per heavy atom. The molecule has 90 valence electrons. The summed E-state index contributed by atoms with van der Waals surface area (Å²) < 4.78 is 10.1. The third-order valence-electron chi connectivity index (χ3n) is 2.40. The smallest absolute Gasteiger partial charge is 0.310 e. The second-order valence-corrected chi connectivity index (χ2v) is 3.78. The van der Waals surface area contributed by atoms with E-state index in [9.17, 15) is 4.79 Å². The molecule has 0 spiro atoms.